The van der Waals surface area contributed by atoms with Crippen LogP contribution in [0.2, 0.25) is 0 Å². The molecule has 1 saturated heterocycles. The van der Waals surface area contributed by atoms with Gasteiger partial charge in [-0.25, -0.2) is 9.97 Å². The van der Waals surface area contributed by atoms with Crippen molar-refractivity contribution in [3.05, 3.63) is 35.5 Å². The average Bonchev–Trinajstić information content (AvgIpc) is 2.67. The lowest BCUT2D eigenvalue weighted by atomic mass is 9.88. The van der Waals surface area contributed by atoms with E-state index in [4.69, 9.17) is 15.7 Å². The first-order chi connectivity index (χ1) is 12.7. The van der Waals surface area contributed by atoms with Crippen molar-refractivity contribution in [3.8, 4) is 17.1 Å². The minimum Gasteiger partial charge on any atom is -0.507 e. The minimum atomic E-state index is 0.232. The molecule has 1 aromatic heterocycles. The number of nitrogens with two attached hydrogens (primary N) is 1. The second-order valence-corrected chi connectivity index (χ2v) is 7.45. The number of benzene rings is 1. The monoisotopic (exact) mass is 353 g/mol. The Balaban J connectivity index is 1.76. The molecule has 4 rings (SSSR count). The van der Waals surface area contributed by atoms with Crippen molar-refractivity contribution >= 4 is 5.82 Å². The van der Waals surface area contributed by atoms with Crippen molar-refractivity contribution < 1.29 is 5.11 Å². The zero-order valence-corrected chi connectivity index (χ0v) is 15.4. The van der Waals surface area contributed by atoms with Crippen LogP contribution in [-0.2, 0) is 12.8 Å². The molecule has 0 amide bonds. The Hall–Kier alpha value is -2.18. The number of aromatic nitrogens is 2. The first-order valence-corrected chi connectivity index (χ1v) is 9.51. The van der Waals surface area contributed by atoms with Gasteiger partial charge in [-0.15, -0.1) is 0 Å². The van der Waals surface area contributed by atoms with Crippen LogP contribution < -0.4 is 10.6 Å². The maximum Gasteiger partial charge on any atom is 0.165 e. The van der Waals surface area contributed by atoms with Crippen molar-refractivity contribution in [2.45, 2.75) is 26.2 Å². The van der Waals surface area contributed by atoms with Crippen LogP contribution in [0.25, 0.3) is 11.4 Å². The van der Waals surface area contributed by atoms with Crippen LogP contribution in [0.5, 0.6) is 5.75 Å². The summed E-state index contributed by atoms with van der Waals surface area (Å²) < 4.78 is 0. The molecule has 1 aliphatic carbocycles. The molecule has 26 heavy (non-hydrogen) atoms. The smallest absolute Gasteiger partial charge is 0.165 e. The second kappa shape index (κ2) is 7.21. The highest BCUT2D eigenvalue weighted by molar-refractivity contribution is 5.66. The molecule has 1 aromatic carbocycles. The molecule has 0 spiro atoms. The lowest BCUT2D eigenvalue weighted by Gasteiger charge is -2.36. The Morgan fingerprint density at radius 2 is 1.92 bits per heavy atom. The van der Waals surface area contributed by atoms with E-state index in [1.54, 1.807) is 6.07 Å². The molecule has 0 radical (unpaired) electrons. The Morgan fingerprint density at radius 3 is 2.65 bits per heavy atom. The summed E-state index contributed by atoms with van der Waals surface area (Å²) in [5.74, 6) is 2.55. The number of phenols is 1. The van der Waals surface area contributed by atoms with Crippen LogP contribution in [0.4, 0.5) is 5.82 Å². The van der Waals surface area contributed by atoms with Crippen LogP contribution in [0.15, 0.2) is 24.3 Å². The Morgan fingerprint density at radius 1 is 1.15 bits per heavy atom. The topological polar surface area (TPSA) is 78.5 Å². The minimum absolute atomic E-state index is 0.232. The quantitative estimate of drug-likeness (QED) is 0.879. The fraction of sp³-hybridized carbons (Fsp3) is 0.500. The van der Waals surface area contributed by atoms with E-state index in [0.29, 0.717) is 24.0 Å². The van der Waals surface area contributed by atoms with E-state index in [2.05, 4.69) is 16.7 Å². The van der Waals surface area contributed by atoms with Gasteiger partial charge in [0.2, 0.25) is 0 Å². The summed E-state index contributed by atoms with van der Waals surface area (Å²) in [6, 6.07) is 7.33. The fourth-order valence-electron chi connectivity index (χ4n) is 3.95. The summed E-state index contributed by atoms with van der Waals surface area (Å²) >= 11 is 0. The van der Waals surface area contributed by atoms with Gasteiger partial charge in [0.1, 0.15) is 11.6 Å². The molecule has 6 nitrogen and oxygen atoms in total. The highest BCUT2D eigenvalue weighted by Gasteiger charge is 2.27. The van der Waals surface area contributed by atoms with Gasteiger partial charge in [0.25, 0.3) is 0 Å². The molecule has 1 unspecified atom stereocenters. The predicted octanol–water partition coefficient (Wildman–Crippen LogP) is 2.01. The third kappa shape index (κ3) is 3.27. The van der Waals surface area contributed by atoms with E-state index >= 15 is 0 Å². The zero-order valence-electron chi connectivity index (χ0n) is 15.4. The Labute approximate surface area is 154 Å². The van der Waals surface area contributed by atoms with Gasteiger partial charge in [0, 0.05) is 38.4 Å². The summed E-state index contributed by atoms with van der Waals surface area (Å²) in [5, 5.41) is 10.3. The summed E-state index contributed by atoms with van der Waals surface area (Å²) in [7, 11) is 0. The first kappa shape index (κ1) is 17.2. The number of phenolic OH excluding ortho intramolecular Hbond substituents is 1. The number of para-hydroxylation sites is 1. The van der Waals surface area contributed by atoms with Gasteiger partial charge in [-0.1, -0.05) is 19.1 Å². The molecule has 2 aliphatic rings. The van der Waals surface area contributed by atoms with Gasteiger partial charge >= 0.3 is 0 Å². The number of nitrogens with zero attached hydrogens (tertiary/aromatic N) is 4. The van der Waals surface area contributed by atoms with Crippen molar-refractivity contribution in [2.24, 2.45) is 11.7 Å². The second-order valence-electron chi connectivity index (χ2n) is 7.45. The molecular formula is C20H27N5O. The van der Waals surface area contributed by atoms with Crippen molar-refractivity contribution in [1.82, 2.24) is 14.9 Å². The largest absolute Gasteiger partial charge is 0.507 e. The molecule has 6 heteroatoms. The maximum atomic E-state index is 10.3. The summed E-state index contributed by atoms with van der Waals surface area (Å²) in [5.41, 5.74) is 8.93. The standard InChI is InChI=1S/C20H27N5O/c1-14-6-7-15-17(12-14)22-19(16-4-2-3-5-18(16)26)23-20(15)25-10-8-24(13-21)9-11-25/h2-5,14,26H,6-13,21H2,1H3. The van der Waals surface area contributed by atoms with E-state index in [1.807, 2.05) is 18.2 Å². The number of aromatic hydroxyl groups is 1. The summed E-state index contributed by atoms with van der Waals surface area (Å²) in [6.45, 7) is 6.66. The molecule has 1 atom stereocenters. The highest BCUT2D eigenvalue weighted by Crippen LogP contribution is 2.35. The molecule has 1 fully saturated rings. The number of anilines is 1. The summed E-state index contributed by atoms with van der Waals surface area (Å²) in [4.78, 5) is 14.4. The van der Waals surface area contributed by atoms with Gasteiger partial charge in [-0.3, -0.25) is 4.90 Å². The molecule has 2 aromatic rings. The first-order valence-electron chi connectivity index (χ1n) is 9.51. The van der Waals surface area contributed by atoms with E-state index in [-0.39, 0.29) is 5.75 Å². The van der Waals surface area contributed by atoms with Gasteiger partial charge in [-0.2, -0.15) is 0 Å². The SMILES string of the molecule is CC1CCc2c(nc(-c3ccccc3O)nc2N2CCN(CN)CC2)C1. The van der Waals surface area contributed by atoms with Crippen LogP contribution in [0.1, 0.15) is 24.6 Å². The zero-order chi connectivity index (χ0) is 18.1. The van der Waals surface area contributed by atoms with E-state index in [1.165, 1.54) is 12.0 Å². The lowest BCUT2D eigenvalue weighted by molar-refractivity contribution is 0.264. The third-order valence-electron chi connectivity index (χ3n) is 5.57. The molecule has 0 bridgehead atoms. The molecule has 138 valence electrons. The van der Waals surface area contributed by atoms with Crippen molar-refractivity contribution in [2.75, 3.05) is 37.7 Å². The number of hydrogen-bond acceptors (Lipinski definition) is 6. The fourth-order valence-corrected chi connectivity index (χ4v) is 3.95. The van der Waals surface area contributed by atoms with E-state index < -0.39 is 0 Å². The third-order valence-corrected chi connectivity index (χ3v) is 5.57. The molecule has 3 N–H and O–H groups in total. The van der Waals surface area contributed by atoms with Gasteiger partial charge in [-0.05, 0) is 37.3 Å². The molecule has 2 heterocycles. The van der Waals surface area contributed by atoms with Crippen LogP contribution in [-0.4, -0.2) is 52.8 Å². The van der Waals surface area contributed by atoms with Crippen LogP contribution >= 0.6 is 0 Å². The molecular weight excluding hydrogens is 326 g/mol. The maximum absolute atomic E-state index is 10.3. The number of piperazine rings is 1. The van der Waals surface area contributed by atoms with Gasteiger partial charge in [0.05, 0.1) is 11.3 Å². The Kier molecular flexibility index (Phi) is 4.78. The van der Waals surface area contributed by atoms with Crippen molar-refractivity contribution in [3.63, 3.8) is 0 Å². The van der Waals surface area contributed by atoms with Crippen LogP contribution in [0.3, 0.4) is 0 Å². The Bertz CT molecular complexity index is 786. The number of fused-ring (bicyclic) bond motifs is 1. The normalized spacial score (nSPS) is 20.8. The van der Waals surface area contributed by atoms with Gasteiger partial charge in [0.15, 0.2) is 5.82 Å². The number of rotatable bonds is 3. The van der Waals surface area contributed by atoms with E-state index in [0.717, 1.165) is 50.5 Å². The van der Waals surface area contributed by atoms with E-state index in [9.17, 15) is 5.11 Å². The van der Waals surface area contributed by atoms with Gasteiger partial charge < -0.3 is 15.7 Å². The molecule has 0 saturated carbocycles. The molecule has 1 aliphatic heterocycles. The highest BCUT2D eigenvalue weighted by atomic mass is 16.3. The summed E-state index contributed by atoms with van der Waals surface area (Å²) in [6.07, 6.45) is 3.19. The van der Waals surface area contributed by atoms with Crippen molar-refractivity contribution in [1.29, 1.82) is 0 Å². The number of hydrogen-bond donors (Lipinski definition) is 2. The average molecular weight is 353 g/mol. The van der Waals surface area contributed by atoms with Crippen LogP contribution in [0, 0.1) is 5.92 Å². The predicted molar refractivity (Wildman–Crippen MR) is 103 cm³/mol. The lowest BCUT2D eigenvalue weighted by Crippen LogP contribution is -2.49.